The van der Waals surface area contributed by atoms with Crippen LogP contribution in [0.5, 0.6) is 0 Å². The van der Waals surface area contributed by atoms with Gasteiger partial charge in [0.1, 0.15) is 0 Å². The largest absolute Gasteiger partial charge is 0.416 e. The number of benzene rings is 2. The van der Waals surface area contributed by atoms with Crippen molar-refractivity contribution in [2.45, 2.75) is 25.4 Å². The molecule has 0 saturated carbocycles. The second-order valence-electron chi connectivity index (χ2n) is 5.24. The fourth-order valence-corrected chi connectivity index (χ4v) is 2.69. The Kier molecular flexibility index (Phi) is 3.32. The monoisotopic (exact) mass is 290 g/mol. The third-order valence-electron chi connectivity index (χ3n) is 3.84. The average molecular weight is 290 g/mol. The van der Waals surface area contributed by atoms with Gasteiger partial charge in [0.25, 0.3) is 0 Å². The molecule has 21 heavy (non-hydrogen) atoms. The number of fused-ring (bicyclic) bond motifs is 1. The molecule has 0 atom stereocenters. The van der Waals surface area contributed by atoms with Crippen LogP contribution in [0, 0.1) is 0 Å². The minimum absolute atomic E-state index is 0.238. The minimum Gasteiger partial charge on any atom is -0.289 e. The topological polar surface area (TPSA) is 17.1 Å². The van der Waals surface area contributed by atoms with Gasteiger partial charge in [-0.1, -0.05) is 24.3 Å². The number of carbonyl (C=O) groups is 1. The van der Waals surface area contributed by atoms with E-state index in [0.29, 0.717) is 5.56 Å². The zero-order valence-electron chi connectivity index (χ0n) is 11.2. The molecule has 3 rings (SSSR count). The molecule has 2 aromatic rings. The molecule has 0 bridgehead atoms. The highest BCUT2D eigenvalue weighted by Gasteiger charge is 2.30. The van der Waals surface area contributed by atoms with Crippen LogP contribution in [-0.4, -0.2) is 5.78 Å². The van der Waals surface area contributed by atoms with Crippen molar-refractivity contribution in [2.75, 3.05) is 0 Å². The Morgan fingerprint density at radius 1 is 0.857 bits per heavy atom. The smallest absolute Gasteiger partial charge is 0.289 e. The highest BCUT2D eigenvalue weighted by Crippen LogP contribution is 2.29. The molecule has 0 aromatic heterocycles. The summed E-state index contributed by atoms with van der Waals surface area (Å²) in [4.78, 5) is 12.3. The first kappa shape index (κ1) is 13.9. The highest BCUT2D eigenvalue weighted by molar-refractivity contribution is 6.09. The molecule has 0 saturated heterocycles. The first-order valence-corrected chi connectivity index (χ1v) is 6.79. The van der Waals surface area contributed by atoms with Gasteiger partial charge in [-0.3, -0.25) is 4.79 Å². The number of carbonyl (C=O) groups excluding carboxylic acids is 1. The summed E-state index contributed by atoms with van der Waals surface area (Å²) in [7, 11) is 0. The number of alkyl halides is 3. The second kappa shape index (κ2) is 5.02. The predicted molar refractivity (Wildman–Crippen MR) is 73.3 cm³/mol. The summed E-state index contributed by atoms with van der Waals surface area (Å²) in [6, 6.07) is 9.92. The lowest BCUT2D eigenvalue weighted by Gasteiger charge is -2.08. The van der Waals surface area contributed by atoms with Crippen LogP contribution in [0.3, 0.4) is 0 Å². The molecule has 0 radical (unpaired) electrons. The molecule has 0 fully saturated rings. The standard InChI is InChI=1S/C17H13F3O/c18-17(19,20)15-8-6-12(7-9-15)16(21)14-5-4-11-2-1-3-13(11)10-14/h4-10H,1-3H2. The van der Waals surface area contributed by atoms with Crippen molar-refractivity contribution in [3.8, 4) is 0 Å². The van der Waals surface area contributed by atoms with E-state index < -0.39 is 11.7 Å². The average Bonchev–Trinajstić information content (AvgIpc) is 2.93. The highest BCUT2D eigenvalue weighted by atomic mass is 19.4. The molecule has 0 N–H and O–H groups in total. The van der Waals surface area contributed by atoms with Crippen molar-refractivity contribution in [1.29, 1.82) is 0 Å². The second-order valence-corrected chi connectivity index (χ2v) is 5.24. The molecule has 1 aliphatic rings. The Bertz CT molecular complexity index is 684. The lowest BCUT2D eigenvalue weighted by Crippen LogP contribution is -2.07. The number of rotatable bonds is 2. The van der Waals surface area contributed by atoms with Crippen molar-refractivity contribution in [3.63, 3.8) is 0 Å². The first-order chi connectivity index (χ1) is 9.95. The number of hydrogen-bond acceptors (Lipinski definition) is 1. The van der Waals surface area contributed by atoms with Crippen molar-refractivity contribution < 1.29 is 18.0 Å². The number of ketones is 1. The van der Waals surface area contributed by atoms with E-state index in [-0.39, 0.29) is 11.3 Å². The normalized spacial score (nSPS) is 14.0. The summed E-state index contributed by atoms with van der Waals surface area (Å²) in [5.41, 5.74) is 2.51. The van der Waals surface area contributed by atoms with Gasteiger partial charge in [0.15, 0.2) is 5.78 Å². The van der Waals surface area contributed by atoms with E-state index in [0.717, 1.165) is 31.4 Å². The Balaban J connectivity index is 1.88. The maximum Gasteiger partial charge on any atom is 0.416 e. The van der Waals surface area contributed by atoms with Gasteiger partial charge in [0.05, 0.1) is 5.56 Å². The zero-order valence-corrected chi connectivity index (χ0v) is 11.2. The minimum atomic E-state index is -4.38. The van der Waals surface area contributed by atoms with E-state index in [1.165, 1.54) is 23.3 Å². The van der Waals surface area contributed by atoms with Crippen LogP contribution < -0.4 is 0 Å². The lowest BCUT2D eigenvalue weighted by atomic mass is 9.98. The van der Waals surface area contributed by atoms with Crippen LogP contribution in [0.2, 0.25) is 0 Å². The van der Waals surface area contributed by atoms with Crippen LogP contribution in [0.4, 0.5) is 13.2 Å². The Morgan fingerprint density at radius 2 is 1.48 bits per heavy atom. The van der Waals surface area contributed by atoms with Gasteiger partial charge in [0, 0.05) is 11.1 Å². The SMILES string of the molecule is O=C(c1ccc(C(F)(F)F)cc1)c1ccc2c(c1)CCC2. The molecule has 0 unspecified atom stereocenters. The van der Waals surface area contributed by atoms with Crippen LogP contribution >= 0.6 is 0 Å². The molecule has 108 valence electrons. The van der Waals surface area contributed by atoms with Crippen molar-refractivity contribution >= 4 is 5.78 Å². The van der Waals surface area contributed by atoms with E-state index in [9.17, 15) is 18.0 Å². The van der Waals surface area contributed by atoms with Crippen LogP contribution in [-0.2, 0) is 19.0 Å². The molecule has 0 spiro atoms. The van der Waals surface area contributed by atoms with E-state index in [2.05, 4.69) is 0 Å². The van der Waals surface area contributed by atoms with Crippen molar-refractivity contribution in [3.05, 3.63) is 70.3 Å². The van der Waals surface area contributed by atoms with E-state index in [1.54, 1.807) is 6.07 Å². The summed E-state index contributed by atoms with van der Waals surface area (Å²) in [6.07, 6.45) is -1.30. The fourth-order valence-electron chi connectivity index (χ4n) is 2.69. The van der Waals surface area contributed by atoms with Gasteiger partial charge in [-0.25, -0.2) is 0 Å². The van der Waals surface area contributed by atoms with Gasteiger partial charge in [-0.2, -0.15) is 13.2 Å². The summed E-state index contributed by atoms with van der Waals surface area (Å²) < 4.78 is 37.5. The van der Waals surface area contributed by atoms with Gasteiger partial charge < -0.3 is 0 Å². The Labute approximate surface area is 120 Å². The third-order valence-corrected chi connectivity index (χ3v) is 3.84. The van der Waals surface area contributed by atoms with Gasteiger partial charge >= 0.3 is 6.18 Å². The molecule has 0 aliphatic heterocycles. The van der Waals surface area contributed by atoms with Gasteiger partial charge in [-0.05, 0) is 48.6 Å². The van der Waals surface area contributed by atoms with E-state index in [1.807, 2.05) is 12.1 Å². The first-order valence-electron chi connectivity index (χ1n) is 6.79. The summed E-state index contributed by atoms with van der Waals surface area (Å²) in [6.45, 7) is 0. The number of aryl methyl sites for hydroxylation is 2. The summed E-state index contributed by atoms with van der Waals surface area (Å²) in [5.74, 6) is -0.238. The van der Waals surface area contributed by atoms with Crippen molar-refractivity contribution in [2.24, 2.45) is 0 Å². The van der Waals surface area contributed by atoms with Gasteiger partial charge in [0.2, 0.25) is 0 Å². The molecule has 1 aliphatic carbocycles. The maximum absolute atomic E-state index is 12.5. The van der Waals surface area contributed by atoms with Crippen LogP contribution in [0.25, 0.3) is 0 Å². The molecular weight excluding hydrogens is 277 g/mol. The predicted octanol–water partition coefficient (Wildman–Crippen LogP) is 4.43. The third kappa shape index (κ3) is 2.71. The summed E-state index contributed by atoms with van der Waals surface area (Å²) in [5, 5.41) is 0. The zero-order chi connectivity index (χ0) is 15.0. The lowest BCUT2D eigenvalue weighted by molar-refractivity contribution is -0.137. The maximum atomic E-state index is 12.5. The molecule has 4 heteroatoms. The van der Waals surface area contributed by atoms with E-state index >= 15 is 0 Å². The number of hydrogen-bond donors (Lipinski definition) is 0. The van der Waals surface area contributed by atoms with Crippen molar-refractivity contribution in [1.82, 2.24) is 0 Å². The molecule has 1 nitrogen and oxygen atoms in total. The Hall–Kier alpha value is -2.10. The van der Waals surface area contributed by atoms with Gasteiger partial charge in [-0.15, -0.1) is 0 Å². The molecule has 0 amide bonds. The molecule has 0 heterocycles. The quantitative estimate of drug-likeness (QED) is 0.748. The molecule has 2 aromatic carbocycles. The summed E-state index contributed by atoms with van der Waals surface area (Å²) >= 11 is 0. The fraction of sp³-hybridized carbons (Fsp3) is 0.235. The number of halogens is 3. The van der Waals surface area contributed by atoms with Crippen LogP contribution in [0.15, 0.2) is 42.5 Å². The van der Waals surface area contributed by atoms with E-state index in [4.69, 9.17) is 0 Å². The Morgan fingerprint density at radius 3 is 2.14 bits per heavy atom. The molecular formula is C17H13F3O. The van der Waals surface area contributed by atoms with Crippen LogP contribution in [0.1, 0.15) is 39.0 Å².